The molecule has 1 amide bonds. The minimum Gasteiger partial charge on any atom is -0.444 e. The summed E-state index contributed by atoms with van der Waals surface area (Å²) in [7, 11) is 0. The molecule has 1 aliphatic carbocycles. The predicted octanol–water partition coefficient (Wildman–Crippen LogP) is 3.74. The number of ether oxygens (including phenoxy) is 1. The lowest BCUT2D eigenvalue weighted by atomic mass is 9.90. The van der Waals surface area contributed by atoms with E-state index in [9.17, 15) is 4.79 Å². The topological polar surface area (TPSA) is 58.6 Å². The summed E-state index contributed by atoms with van der Waals surface area (Å²) >= 11 is 0. The van der Waals surface area contributed by atoms with Gasteiger partial charge in [0.15, 0.2) is 0 Å². The second-order valence-corrected chi connectivity index (χ2v) is 8.31. The Hall–Kier alpha value is -2.11. The van der Waals surface area contributed by atoms with Gasteiger partial charge in [-0.2, -0.15) is 0 Å². The van der Waals surface area contributed by atoms with Crippen LogP contribution in [0.3, 0.4) is 0 Å². The molecule has 1 aromatic rings. The molecule has 6 heteroatoms. The smallest absolute Gasteiger partial charge is 0.410 e. The second kappa shape index (κ2) is 7.64. The Balaban J connectivity index is 1.61. The third kappa shape index (κ3) is 4.74. The van der Waals surface area contributed by atoms with Crippen LogP contribution in [-0.4, -0.2) is 52.7 Å². The third-order valence-corrected chi connectivity index (χ3v) is 4.86. The van der Waals surface area contributed by atoms with Gasteiger partial charge >= 0.3 is 6.09 Å². The highest BCUT2D eigenvalue weighted by molar-refractivity contribution is 5.68. The van der Waals surface area contributed by atoms with Crippen LogP contribution in [-0.2, 0) is 4.74 Å². The van der Waals surface area contributed by atoms with Crippen molar-refractivity contribution >= 4 is 17.6 Å². The van der Waals surface area contributed by atoms with Crippen LogP contribution in [0.2, 0.25) is 0 Å². The molecule has 1 atom stereocenters. The van der Waals surface area contributed by atoms with Crippen molar-refractivity contribution in [1.29, 1.82) is 0 Å². The SMILES string of the molecule is CC1CC=C(c2ccnc(N3CCN(C(=O)OC(C)(C)C)CC3)n2)CC1. The van der Waals surface area contributed by atoms with E-state index in [0.717, 1.165) is 43.5 Å². The van der Waals surface area contributed by atoms with Gasteiger partial charge in [-0.05, 0) is 57.6 Å². The molecule has 26 heavy (non-hydrogen) atoms. The minimum atomic E-state index is -0.461. The van der Waals surface area contributed by atoms with Crippen LogP contribution < -0.4 is 4.90 Å². The first-order chi connectivity index (χ1) is 12.3. The summed E-state index contributed by atoms with van der Waals surface area (Å²) in [6, 6.07) is 2.00. The van der Waals surface area contributed by atoms with E-state index in [1.165, 1.54) is 12.0 Å². The van der Waals surface area contributed by atoms with Crippen LogP contribution in [0.1, 0.15) is 52.7 Å². The molecule has 3 rings (SSSR count). The summed E-state index contributed by atoms with van der Waals surface area (Å²) < 4.78 is 5.45. The fourth-order valence-electron chi connectivity index (χ4n) is 3.29. The van der Waals surface area contributed by atoms with E-state index in [1.807, 2.05) is 33.0 Å². The zero-order chi connectivity index (χ0) is 18.7. The van der Waals surface area contributed by atoms with E-state index in [2.05, 4.69) is 22.9 Å². The quantitative estimate of drug-likeness (QED) is 0.806. The summed E-state index contributed by atoms with van der Waals surface area (Å²) in [5, 5.41) is 0. The summed E-state index contributed by atoms with van der Waals surface area (Å²) in [5.41, 5.74) is 1.91. The van der Waals surface area contributed by atoms with E-state index >= 15 is 0 Å². The Morgan fingerprint density at radius 1 is 1.23 bits per heavy atom. The highest BCUT2D eigenvalue weighted by Gasteiger charge is 2.27. The Kier molecular flexibility index (Phi) is 5.49. The van der Waals surface area contributed by atoms with Crippen molar-refractivity contribution in [3.8, 4) is 0 Å². The van der Waals surface area contributed by atoms with Crippen molar-refractivity contribution in [3.05, 3.63) is 24.0 Å². The number of nitrogens with zero attached hydrogens (tertiary/aromatic N) is 4. The molecular formula is C20H30N4O2. The van der Waals surface area contributed by atoms with E-state index in [4.69, 9.17) is 9.72 Å². The molecule has 1 fully saturated rings. The molecule has 0 spiro atoms. The van der Waals surface area contributed by atoms with Crippen LogP contribution in [0, 0.1) is 5.92 Å². The summed E-state index contributed by atoms with van der Waals surface area (Å²) in [4.78, 5) is 25.3. The molecule has 1 aromatic heterocycles. The largest absolute Gasteiger partial charge is 0.444 e. The third-order valence-electron chi connectivity index (χ3n) is 4.86. The molecule has 0 N–H and O–H groups in total. The van der Waals surface area contributed by atoms with Crippen molar-refractivity contribution in [2.24, 2.45) is 5.92 Å². The lowest BCUT2D eigenvalue weighted by Crippen LogP contribution is -2.50. The lowest BCUT2D eigenvalue weighted by molar-refractivity contribution is 0.0240. The van der Waals surface area contributed by atoms with Crippen molar-refractivity contribution in [2.75, 3.05) is 31.1 Å². The van der Waals surface area contributed by atoms with Crippen molar-refractivity contribution in [1.82, 2.24) is 14.9 Å². The second-order valence-electron chi connectivity index (χ2n) is 8.31. The van der Waals surface area contributed by atoms with Gasteiger partial charge in [-0.1, -0.05) is 13.0 Å². The summed E-state index contributed by atoms with van der Waals surface area (Å²) in [6.07, 6.45) is 7.36. The Morgan fingerprint density at radius 3 is 2.58 bits per heavy atom. The average molecular weight is 358 g/mol. The maximum Gasteiger partial charge on any atom is 0.410 e. The number of amides is 1. The van der Waals surface area contributed by atoms with Gasteiger partial charge in [0.2, 0.25) is 5.95 Å². The predicted molar refractivity (Wildman–Crippen MR) is 103 cm³/mol. The number of carbonyl (C=O) groups is 1. The number of aromatic nitrogens is 2. The molecule has 1 saturated heterocycles. The molecular weight excluding hydrogens is 328 g/mol. The van der Waals surface area contributed by atoms with Crippen LogP contribution >= 0.6 is 0 Å². The van der Waals surface area contributed by atoms with Crippen molar-refractivity contribution < 1.29 is 9.53 Å². The normalized spacial score (nSPS) is 21.4. The van der Waals surface area contributed by atoms with E-state index in [0.29, 0.717) is 13.1 Å². The number of hydrogen-bond donors (Lipinski definition) is 0. The first-order valence-corrected chi connectivity index (χ1v) is 9.57. The molecule has 1 aliphatic heterocycles. The summed E-state index contributed by atoms with van der Waals surface area (Å²) in [5.74, 6) is 1.52. The van der Waals surface area contributed by atoms with Gasteiger partial charge in [0.1, 0.15) is 5.60 Å². The van der Waals surface area contributed by atoms with Gasteiger partial charge in [0.25, 0.3) is 0 Å². The van der Waals surface area contributed by atoms with Crippen LogP contribution in [0.25, 0.3) is 5.57 Å². The van der Waals surface area contributed by atoms with Crippen molar-refractivity contribution in [2.45, 2.75) is 52.6 Å². The highest BCUT2D eigenvalue weighted by Crippen LogP contribution is 2.29. The van der Waals surface area contributed by atoms with Crippen LogP contribution in [0.4, 0.5) is 10.7 Å². The number of piperazine rings is 1. The van der Waals surface area contributed by atoms with E-state index in [1.54, 1.807) is 4.90 Å². The lowest BCUT2D eigenvalue weighted by Gasteiger charge is -2.35. The monoisotopic (exact) mass is 358 g/mol. The summed E-state index contributed by atoms with van der Waals surface area (Å²) in [6.45, 7) is 10.7. The highest BCUT2D eigenvalue weighted by atomic mass is 16.6. The first kappa shape index (κ1) is 18.7. The molecule has 2 aliphatic rings. The van der Waals surface area contributed by atoms with Gasteiger partial charge in [0, 0.05) is 32.4 Å². The standard InChI is InChI=1S/C20H30N4O2/c1-15-5-7-16(8-6-15)17-9-10-21-18(22-17)23-11-13-24(14-12-23)19(25)26-20(2,3)4/h7,9-10,15H,5-6,8,11-14H2,1-4H3. The van der Waals surface area contributed by atoms with Crippen LogP contribution in [0.15, 0.2) is 18.3 Å². The van der Waals surface area contributed by atoms with Gasteiger partial charge in [-0.15, -0.1) is 0 Å². The molecule has 0 radical (unpaired) electrons. The Morgan fingerprint density at radius 2 is 1.96 bits per heavy atom. The maximum atomic E-state index is 12.2. The zero-order valence-electron chi connectivity index (χ0n) is 16.4. The number of anilines is 1. The fraction of sp³-hybridized carbons (Fsp3) is 0.650. The molecule has 0 saturated carbocycles. The molecule has 0 aromatic carbocycles. The fourth-order valence-corrected chi connectivity index (χ4v) is 3.29. The molecule has 0 bridgehead atoms. The van der Waals surface area contributed by atoms with Gasteiger partial charge in [-0.3, -0.25) is 0 Å². The molecule has 2 heterocycles. The Labute approximate surface area is 156 Å². The maximum absolute atomic E-state index is 12.2. The number of rotatable bonds is 2. The molecule has 142 valence electrons. The minimum absolute atomic E-state index is 0.242. The first-order valence-electron chi connectivity index (χ1n) is 9.57. The molecule has 1 unspecified atom stereocenters. The van der Waals surface area contributed by atoms with Gasteiger partial charge in [0.05, 0.1) is 5.69 Å². The number of allylic oxidation sites excluding steroid dienone is 2. The van der Waals surface area contributed by atoms with E-state index in [-0.39, 0.29) is 6.09 Å². The zero-order valence-corrected chi connectivity index (χ0v) is 16.4. The van der Waals surface area contributed by atoms with Crippen LogP contribution in [0.5, 0.6) is 0 Å². The molecule has 6 nitrogen and oxygen atoms in total. The number of carbonyl (C=O) groups excluding carboxylic acids is 1. The number of hydrogen-bond acceptors (Lipinski definition) is 5. The van der Waals surface area contributed by atoms with Gasteiger partial charge in [-0.25, -0.2) is 14.8 Å². The Bertz CT molecular complexity index is 673. The van der Waals surface area contributed by atoms with Gasteiger partial charge < -0.3 is 14.5 Å². The van der Waals surface area contributed by atoms with E-state index < -0.39 is 5.60 Å². The van der Waals surface area contributed by atoms with Crippen molar-refractivity contribution in [3.63, 3.8) is 0 Å². The average Bonchev–Trinajstić information content (AvgIpc) is 2.61.